The molecule has 0 aliphatic heterocycles. The highest BCUT2D eigenvalue weighted by Gasteiger charge is 2.28. The Kier molecular flexibility index (Phi) is 7.39. The maximum Gasteiger partial charge on any atom is 0.339 e. The van der Waals surface area contributed by atoms with Crippen LogP contribution in [-0.4, -0.2) is 32.3 Å². The van der Waals surface area contributed by atoms with Gasteiger partial charge in [-0.15, -0.1) is 0 Å². The summed E-state index contributed by atoms with van der Waals surface area (Å²) in [5.41, 5.74) is 0.661. The van der Waals surface area contributed by atoms with Gasteiger partial charge in [0.2, 0.25) is 16.1 Å². The van der Waals surface area contributed by atoms with Crippen molar-refractivity contribution in [3.63, 3.8) is 0 Å². The summed E-state index contributed by atoms with van der Waals surface area (Å²) in [6.07, 6.45) is -1.42. The van der Waals surface area contributed by atoms with Gasteiger partial charge in [0, 0.05) is 11.6 Å². The Labute approximate surface area is 195 Å². The quantitative estimate of drug-likeness (QED) is 0.284. The van der Waals surface area contributed by atoms with Gasteiger partial charge >= 0.3 is 5.97 Å². The van der Waals surface area contributed by atoms with Crippen LogP contribution in [-0.2, 0) is 19.6 Å². The van der Waals surface area contributed by atoms with Crippen LogP contribution < -0.4 is 10.0 Å². The van der Waals surface area contributed by atoms with E-state index < -0.39 is 32.9 Å². The third-order valence-corrected chi connectivity index (χ3v) is 6.27. The lowest BCUT2D eigenvalue weighted by Gasteiger charge is -2.18. The van der Waals surface area contributed by atoms with E-state index in [4.69, 9.17) is 4.74 Å². The maximum atomic E-state index is 13.1. The fraction of sp³-hybridized carbons (Fsp3) is 0.130. The van der Waals surface area contributed by atoms with Crippen molar-refractivity contribution in [3.8, 4) is 0 Å². The summed E-state index contributed by atoms with van der Waals surface area (Å²) in [6.45, 7) is 1.68. The predicted molar refractivity (Wildman–Crippen MR) is 124 cm³/mol. The topological polar surface area (TPSA) is 145 Å². The van der Waals surface area contributed by atoms with E-state index in [1.807, 2.05) is 0 Å². The molecule has 1 atom stereocenters. The van der Waals surface area contributed by atoms with Crippen LogP contribution in [0.3, 0.4) is 0 Å². The molecular weight excluding hydrogens is 462 g/mol. The van der Waals surface area contributed by atoms with E-state index in [0.717, 1.165) is 0 Å². The highest BCUT2D eigenvalue weighted by molar-refractivity contribution is 7.89. The molecule has 11 heteroatoms. The Morgan fingerprint density at radius 3 is 2.24 bits per heavy atom. The molecule has 34 heavy (non-hydrogen) atoms. The SMILES string of the molecule is CNS(=O)(=O)c1ccc(C(=O)OC(C(=O)Nc2ccc(C)cc2[N+](=O)[O-])c2ccccc2)cc1. The number of nitro groups is 1. The van der Waals surface area contributed by atoms with Gasteiger partial charge in [-0.05, 0) is 49.9 Å². The highest BCUT2D eigenvalue weighted by atomic mass is 32.2. The molecule has 0 aromatic heterocycles. The molecule has 0 fully saturated rings. The molecule has 0 bridgehead atoms. The minimum absolute atomic E-state index is 0.0186. The first-order valence-electron chi connectivity index (χ1n) is 9.98. The Morgan fingerprint density at radius 1 is 1.00 bits per heavy atom. The molecule has 0 heterocycles. The second kappa shape index (κ2) is 10.2. The molecule has 0 saturated carbocycles. The summed E-state index contributed by atoms with van der Waals surface area (Å²) in [5, 5.41) is 13.9. The van der Waals surface area contributed by atoms with Crippen molar-refractivity contribution in [2.45, 2.75) is 17.9 Å². The molecule has 1 amide bonds. The van der Waals surface area contributed by atoms with Crippen LogP contribution in [0, 0.1) is 17.0 Å². The molecule has 3 aromatic rings. The van der Waals surface area contributed by atoms with Gasteiger partial charge in [0.25, 0.3) is 11.6 Å². The zero-order chi connectivity index (χ0) is 24.9. The monoisotopic (exact) mass is 483 g/mol. The van der Waals surface area contributed by atoms with Gasteiger partial charge < -0.3 is 10.1 Å². The lowest BCUT2D eigenvalue weighted by atomic mass is 10.1. The number of nitrogens with zero attached hydrogens (tertiary/aromatic N) is 1. The standard InChI is InChI=1S/C23H21N3O7S/c1-15-8-13-19(20(14-15)26(29)30)25-22(27)21(16-6-4-3-5-7-16)33-23(28)17-9-11-18(12-10-17)34(31,32)24-2/h3-14,21,24H,1-2H3,(H,25,27). The number of anilines is 1. The minimum atomic E-state index is -3.69. The van der Waals surface area contributed by atoms with E-state index in [1.54, 1.807) is 43.3 Å². The number of benzene rings is 3. The third kappa shape index (κ3) is 5.63. The van der Waals surface area contributed by atoms with Gasteiger partial charge in [0.15, 0.2) is 0 Å². The Bertz CT molecular complexity index is 1320. The molecule has 3 rings (SSSR count). The Hall–Kier alpha value is -4.09. The summed E-state index contributed by atoms with van der Waals surface area (Å²) >= 11 is 0. The highest BCUT2D eigenvalue weighted by Crippen LogP contribution is 2.28. The first kappa shape index (κ1) is 24.6. The Balaban J connectivity index is 1.88. The summed E-state index contributed by atoms with van der Waals surface area (Å²) < 4.78 is 31.4. The molecule has 1 unspecified atom stereocenters. The van der Waals surface area contributed by atoms with Crippen molar-refractivity contribution in [1.82, 2.24) is 4.72 Å². The van der Waals surface area contributed by atoms with E-state index in [0.29, 0.717) is 11.1 Å². The number of nitrogens with one attached hydrogen (secondary N) is 2. The number of aryl methyl sites for hydroxylation is 1. The van der Waals surface area contributed by atoms with E-state index in [1.165, 1.54) is 43.4 Å². The van der Waals surface area contributed by atoms with Crippen molar-refractivity contribution in [2.75, 3.05) is 12.4 Å². The van der Waals surface area contributed by atoms with Gasteiger partial charge in [0.1, 0.15) is 5.69 Å². The number of hydrogen-bond donors (Lipinski definition) is 2. The lowest BCUT2D eigenvalue weighted by molar-refractivity contribution is -0.384. The summed E-state index contributed by atoms with van der Waals surface area (Å²) in [6, 6.07) is 17.5. The van der Waals surface area contributed by atoms with Crippen LogP contribution >= 0.6 is 0 Å². The first-order chi connectivity index (χ1) is 16.1. The van der Waals surface area contributed by atoms with Gasteiger partial charge in [-0.2, -0.15) is 0 Å². The smallest absolute Gasteiger partial charge is 0.339 e. The average molecular weight is 484 g/mol. The predicted octanol–water partition coefficient (Wildman–Crippen LogP) is 3.35. The van der Waals surface area contributed by atoms with Crippen molar-refractivity contribution < 1.29 is 27.7 Å². The van der Waals surface area contributed by atoms with Crippen molar-refractivity contribution in [3.05, 3.63) is 99.6 Å². The number of carbonyl (C=O) groups excluding carboxylic acids is 2. The summed E-state index contributed by atoms with van der Waals surface area (Å²) in [7, 11) is -2.43. The average Bonchev–Trinajstić information content (AvgIpc) is 2.83. The van der Waals surface area contributed by atoms with E-state index in [2.05, 4.69) is 10.0 Å². The molecule has 0 radical (unpaired) electrons. The maximum absolute atomic E-state index is 13.1. The largest absolute Gasteiger partial charge is 0.444 e. The van der Waals surface area contributed by atoms with Crippen molar-refractivity contribution >= 4 is 33.3 Å². The number of ether oxygens (including phenoxy) is 1. The minimum Gasteiger partial charge on any atom is -0.444 e. The number of amides is 1. The summed E-state index contributed by atoms with van der Waals surface area (Å²) in [4.78, 5) is 36.6. The zero-order valence-electron chi connectivity index (χ0n) is 18.2. The van der Waals surface area contributed by atoms with Gasteiger partial charge in [-0.25, -0.2) is 17.9 Å². The van der Waals surface area contributed by atoms with Crippen molar-refractivity contribution in [1.29, 1.82) is 0 Å². The van der Waals surface area contributed by atoms with Crippen LogP contribution in [0.1, 0.15) is 27.6 Å². The van der Waals surface area contributed by atoms with Crippen molar-refractivity contribution in [2.24, 2.45) is 0 Å². The molecule has 0 saturated heterocycles. The summed E-state index contributed by atoms with van der Waals surface area (Å²) in [5.74, 6) is -1.67. The molecular formula is C23H21N3O7S. The van der Waals surface area contributed by atoms with Crippen LogP contribution in [0.5, 0.6) is 0 Å². The first-order valence-corrected chi connectivity index (χ1v) is 11.5. The number of rotatable bonds is 8. The van der Waals surface area contributed by atoms with Crippen LogP contribution in [0.15, 0.2) is 77.7 Å². The molecule has 2 N–H and O–H groups in total. The zero-order valence-corrected chi connectivity index (χ0v) is 19.0. The number of hydrogen-bond acceptors (Lipinski definition) is 7. The van der Waals surface area contributed by atoms with Crippen LogP contribution in [0.4, 0.5) is 11.4 Å². The van der Waals surface area contributed by atoms with E-state index >= 15 is 0 Å². The number of nitro benzene ring substituents is 1. The fourth-order valence-electron chi connectivity index (χ4n) is 3.06. The lowest BCUT2D eigenvalue weighted by Crippen LogP contribution is -2.26. The molecule has 176 valence electrons. The molecule has 0 aliphatic carbocycles. The molecule has 0 spiro atoms. The van der Waals surface area contributed by atoms with E-state index in [-0.39, 0.29) is 21.8 Å². The fourth-order valence-corrected chi connectivity index (χ4v) is 3.79. The van der Waals surface area contributed by atoms with Gasteiger partial charge in [-0.3, -0.25) is 14.9 Å². The molecule has 10 nitrogen and oxygen atoms in total. The third-order valence-electron chi connectivity index (χ3n) is 4.84. The van der Waals surface area contributed by atoms with Gasteiger partial charge in [-0.1, -0.05) is 36.4 Å². The van der Waals surface area contributed by atoms with Gasteiger partial charge in [0.05, 0.1) is 15.4 Å². The molecule has 3 aromatic carbocycles. The van der Waals surface area contributed by atoms with Crippen LogP contribution in [0.2, 0.25) is 0 Å². The second-order valence-electron chi connectivity index (χ2n) is 7.19. The van der Waals surface area contributed by atoms with E-state index in [9.17, 15) is 28.1 Å². The van der Waals surface area contributed by atoms with Crippen LogP contribution in [0.25, 0.3) is 0 Å². The number of carbonyl (C=O) groups is 2. The Morgan fingerprint density at radius 2 is 1.65 bits per heavy atom. The number of esters is 1. The second-order valence-corrected chi connectivity index (χ2v) is 9.08. The number of sulfonamides is 1. The molecule has 0 aliphatic rings. The normalized spacial score (nSPS) is 11.9.